The molecule has 0 bridgehead atoms. The first-order valence-electron chi connectivity index (χ1n) is 10.1. The second-order valence-corrected chi connectivity index (χ2v) is 7.75. The van der Waals surface area contributed by atoms with E-state index in [0.29, 0.717) is 31.8 Å². The molecule has 9 nitrogen and oxygen atoms in total. The molecule has 158 valence electrons. The third-order valence-electron chi connectivity index (χ3n) is 5.53. The van der Waals surface area contributed by atoms with Crippen molar-refractivity contribution < 1.29 is 24.3 Å². The molecular weight excluding hydrogens is 364 g/mol. The number of hydrogen-bond acceptors (Lipinski definition) is 5. The molecule has 0 aliphatic carbocycles. The van der Waals surface area contributed by atoms with Crippen molar-refractivity contribution in [1.82, 2.24) is 20.9 Å². The predicted octanol–water partition coefficient (Wildman–Crippen LogP) is -0.290. The zero-order valence-electron chi connectivity index (χ0n) is 16.5. The lowest BCUT2D eigenvalue weighted by atomic mass is 9.92. The standard InChI is InChI=1S/C19H32N4O5/c1-13(24)22-16(19(27)28)11-21-18(26)15-3-2-10-23(12-15)17(25)5-4-14-6-8-20-9-7-14/h14-16,20H,2-12H2,1H3,(H,21,26)(H,22,24)(H,27,28)/t15-,16-/m0/s1. The molecule has 0 aromatic rings. The van der Waals surface area contributed by atoms with Crippen LogP contribution in [0.3, 0.4) is 0 Å². The fourth-order valence-electron chi connectivity index (χ4n) is 3.87. The van der Waals surface area contributed by atoms with E-state index >= 15 is 0 Å². The van der Waals surface area contributed by atoms with Crippen molar-refractivity contribution >= 4 is 23.7 Å². The van der Waals surface area contributed by atoms with Gasteiger partial charge in [-0.3, -0.25) is 14.4 Å². The number of carboxylic acid groups (broad SMARTS) is 1. The van der Waals surface area contributed by atoms with Crippen molar-refractivity contribution in [2.24, 2.45) is 11.8 Å². The highest BCUT2D eigenvalue weighted by Crippen LogP contribution is 2.21. The Morgan fingerprint density at radius 1 is 1.18 bits per heavy atom. The molecule has 0 spiro atoms. The van der Waals surface area contributed by atoms with Gasteiger partial charge in [-0.15, -0.1) is 0 Å². The van der Waals surface area contributed by atoms with E-state index in [-0.39, 0.29) is 24.3 Å². The second-order valence-electron chi connectivity index (χ2n) is 7.75. The van der Waals surface area contributed by atoms with Crippen molar-refractivity contribution in [2.75, 3.05) is 32.7 Å². The highest BCUT2D eigenvalue weighted by atomic mass is 16.4. The molecule has 9 heteroatoms. The Morgan fingerprint density at radius 2 is 1.89 bits per heavy atom. The quantitative estimate of drug-likeness (QED) is 0.446. The number of nitrogens with zero attached hydrogens (tertiary/aromatic N) is 1. The predicted molar refractivity (Wildman–Crippen MR) is 102 cm³/mol. The lowest BCUT2D eigenvalue weighted by Gasteiger charge is -2.33. The summed E-state index contributed by atoms with van der Waals surface area (Å²) in [4.78, 5) is 48.9. The highest BCUT2D eigenvalue weighted by molar-refractivity contribution is 5.84. The Morgan fingerprint density at radius 3 is 2.54 bits per heavy atom. The maximum absolute atomic E-state index is 12.5. The van der Waals surface area contributed by atoms with Gasteiger partial charge in [0.05, 0.1) is 5.92 Å². The first-order valence-corrected chi connectivity index (χ1v) is 10.1. The molecule has 28 heavy (non-hydrogen) atoms. The third-order valence-corrected chi connectivity index (χ3v) is 5.53. The van der Waals surface area contributed by atoms with Gasteiger partial charge >= 0.3 is 5.97 Å². The van der Waals surface area contributed by atoms with Gasteiger partial charge in [0, 0.05) is 33.0 Å². The molecule has 2 heterocycles. The Balaban J connectivity index is 1.77. The normalized spacial score (nSPS) is 21.6. The van der Waals surface area contributed by atoms with E-state index in [4.69, 9.17) is 5.11 Å². The Bertz CT molecular complexity index is 577. The molecule has 3 amide bonds. The van der Waals surface area contributed by atoms with Crippen LogP contribution in [-0.4, -0.2) is 72.5 Å². The monoisotopic (exact) mass is 396 g/mol. The van der Waals surface area contributed by atoms with Crippen molar-refractivity contribution in [1.29, 1.82) is 0 Å². The van der Waals surface area contributed by atoms with E-state index in [1.54, 1.807) is 4.90 Å². The lowest BCUT2D eigenvalue weighted by Crippen LogP contribution is -2.51. The van der Waals surface area contributed by atoms with E-state index in [1.165, 1.54) is 6.92 Å². The van der Waals surface area contributed by atoms with Gasteiger partial charge in [0.15, 0.2) is 0 Å². The van der Waals surface area contributed by atoms with E-state index < -0.39 is 17.9 Å². The molecule has 2 aliphatic heterocycles. The van der Waals surface area contributed by atoms with Gasteiger partial charge in [-0.05, 0) is 51.1 Å². The Labute approximate surface area is 165 Å². The van der Waals surface area contributed by atoms with E-state index in [2.05, 4.69) is 16.0 Å². The van der Waals surface area contributed by atoms with Gasteiger partial charge in [-0.2, -0.15) is 0 Å². The largest absolute Gasteiger partial charge is 0.480 e. The van der Waals surface area contributed by atoms with Crippen LogP contribution in [0.4, 0.5) is 0 Å². The molecule has 0 unspecified atom stereocenters. The van der Waals surface area contributed by atoms with Crippen LogP contribution < -0.4 is 16.0 Å². The van der Waals surface area contributed by atoms with Crippen molar-refractivity contribution in [2.45, 2.75) is 51.5 Å². The van der Waals surface area contributed by atoms with Crippen LogP contribution in [0.1, 0.15) is 45.4 Å². The SMILES string of the molecule is CC(=O)N[C@@H](CNC(=O)[C@H]1CCCN(C(=O)CCC2CCNCC2)C1)C(=O)O. The number of rotatable bonds is 8. The summed E-state index contributed by atoms with van der Waals surface area (Å²) in [7, 11) is 0. The average molecular weight is 396 g/mol. The summed E-state index contributed by atoms with van der Waals surface area (Å²) in [5, 5.41) is 17.3. The van der Waals surface area contributed by atoms with E-state index in [1.807, 2.05) is 0 Å². The fourth-order valence-corrected chi connectivity index (χ4v) is 3.87. The molecule has 2 saturated heterocycles. The molecule has 0 aromatic heterocycles. The van der Waals surface area contributed by atoms with Gasteiger partial charge < -0.3 is 26.0 Å². The number of nitrogens with one attached hydrogen (secondary N) is 3. The highest BCUT2D eigenvalue weighted by Gasteiger charge is 2.29. The minimum Gasteiger partial charge on any atom is -0.480 e. The maximum Gasteiger partial charge on any atom is 0.328 e. The zero-order chi connectivity index (χ0) is 20.5. The number of piperidine rings is 2. The summed E-state index contributed by atoms with van der Waals surface area (Å²) in [6.45, 7) is 4.12. The summed E-state index contributed by atoms with van der Waals surface area (Å²) in [5.74, 6) is -1.59. The molecule has 2 atom stereocenters. The van der Waals surface area contributed by atoms with Crippen LogP contribution in [0.2, 0.25) is 0 Å². The first-order chi connectivity index (χ1) is 13.4. The molecule has 0 radical (unpaired) electrons. The van der Waals surface area contributed by atoms with Crippen molar-refractivity contribution in [3.05, 3.63) is 0 Å². The number of aliphatic carboxylic acids is 1. The molecular formula is C19H32N4O5. The third kappa shape index (κ3) is 7.10. The number of likely N-dealkylation sites (tertiary alicyclic amines) is 1. The molecule has 2 rings (SSSR count). The van der Waals surface area contributed by atoms with Crippen LogP contribution in [0.15, 0.2) is 0 Å². The van der Waals surface area contributed by atoms with Gasteiger partial charge in [0.1, 0.15) is 6.04 Å². The lowest BCUT2D eigenvalue weighted by molar-refractivity contribution is -0.141. The van der Waals surface area contributed by atoms with E-state index in [9.17, 15) is 19.2 Å². The second kappa shape index (κ2) is 11.0. The van der Waals surface area contributed by atoms with Gasteiger partial charge in [0.2, 0.25) is 17.7 Å². The molecule has 4 N–H and O–H groups in total. The molecule has 0 saturated carbocycles. The van der Waals surface area contributed by atoms with Crippen molar-refractivity contribution in [3.8, 4) is 0 Å². The van der Waals surface area contributed by atoms with Crippen LogP contribution >= 0.6 is 0 Å². The van der Waals surface area contributed by atoms with Crippen LogP contribution in [0.25, 0.3) is 0 Å². The smallest absolute Gasteiger partial charge is 0.328 e. The molecule has 0 aromatic carbocycles. The average Bonchev–Trinajstić information content (AvgIpc) is 2.69. The number of amides is 3. The number of carboxylic acids is 1. The Kier molecular flexibility index (Phi) is 8.69. The summed E-state index contributed by atoms with van der Waals surface area (Å²) in [6.07, 6.45) is 5.05. The maximum atomic E-state index is 12.5. The zero-order valence-corrected chi connectivity index (χ0v) is 16.5. The summed E-state index contributed by atoms with van der Waals surface area (Å²) >= 11 is 0. The Hall–Kier alpha value is -2.16. The number of carbonyl (C=O) groups is 4. The summed E-state index contributed by atoms with van der Waals surface area (Å²) in [5.41, 5.74) is 0. The van der Waals surface area contributed by atoms with Gasteiger partial charge in [0.25, 0.3) is 0 Å². The minimum absolute atomic E-state index is 0.0951. The van der Waals surface area contributed by atoms with Crippen LogP contribution in [-0.2, 0) is 19.2 Å². The topological polar surface area (TPSA) is 128 Å². The molecule has 2 aliphatic rings. The first kappa shape index (κ1) is 22.1. The van der Waals surface area contributed by atoms with Gasteiger partial charge in [-0.25, -0.2) is 4.79 Å². The summed E-state index contributed by atoms with van der Waals surface area (Å²) < 4.78 is 0. The molecule has 2 fully saturated rings. The van der Waals surface area contributed by atoms with Gasteiger partial charge in [-0.1, -0.05) is 0 Å². The minimum atomic E-state index is -1.20. The van der Waals surface area contributed by atoms with Crippen molar-refractivity contribution in [3.63, 3.8) is 0 Å². The number of hydrogen-bond donors (Lipinski definition) is 4. The fraction of sp³-hybridized carbons (Fsp3) is 0.789. The van der Waals surface area contributed by atoms with Crippen LogP contribution in [0, 0.1) is 11.8 Å². The summed E-state index contributed by atoms with van der Waals surface area (Å²) in [6, 6.07) is -1.16. The van der Waals surface area contributed by atoms with E-state index in [0.717, 1.165) is 38.8 Å². The number of carbonyl (C=O) groups excluding carboxylic acids is 3. The van der Waals surface area contributed by atoms with Crippen LogP contribution in [0.5, 0.6) is 0 Å².